The molecule has 150 valence electrons. The number of carbonyl (C=O) groups is 2. The van der Waals surface area contributed by atoms with Crippen LogP contribution in [0.5, 0.6) is 0 Å². The molecule has 0 unspecified atom stereocenters. The largest absolute Gasteiger partial charge is 0.453 e. The van der Waals surface area contributed by atoms with Gasteiger partial charge in [-0.15, -0.1) is 11.3 Å². The van der Waals surface area contributed by atoms with Gasteiger partial charge >= 0.3 is 11.9 Å². The summed E-state index contributed by atoms with van der Waals surface area (Å²) in [5.41, 5.74) is 2.20. The number of thiazole rings is 1. The van der Waals surface area contributed by atoms with E-state index in [-0.39, 0.29) is 18.3 Å². The highest BCUT2D eigenvalue weighted by Gasteiger charge is 2.22. The van der Waals surface area contributed by atoms with Gasteiger partial charge in [0, 0.05) is 12.3 Å². The van der Waals surface area contributed by atoms with Gasteiger partial charge in [0.2, 0.25) is 11.7 Å². The van der Waals surface area contributed by atoms with Crippen molar-refractivity contribution >= 4 is 39.9 Å². The lowest BCUT2D eigenvalue weighted by Crippen LogP contribution is -2.23. The van der Waals surface area contributed by atoms with Crippen LogP contribution >= 0.6 is 11.3 Å². The molecule has 0 aliphatic carbocycles. The molecule has 3 aromatic rings. The second-order valence-electron chi connectivity index (χ2n) is 5.93. The molecule has 0 radical (unpaired) electrons. The topological polar surface area (TPSA) is 116 Å². The van der Waals surface area contributed by atoms with E-state index in [4.69, 9.17) is 9.15 Å². The highest BCUT2D eigenvalue weighted by molar-refractivity contribution is 7.14. The Labute approximate surface area is 169 Å². The number of nitro groups is 1. The first-order chi connectivity index (χ1) is 13.9. The van der Waals surface area contributed by atoms with E-state index in [9.17, 15) is 19.7 Å². The Kier molecular flexibility index (Phi) is 6.03. The van der Waals surface area contributed by atoms with Crippen LogP contribution in [0.2, 0.25) is 0 Å². The van der Waals surface area contributed by atoms with Crippen LogP contribution in [0.15, 0.2) is 46.2 Å². The van der Waals surface area contributed by atoms with Gasteiger partial charge in [0.15, 0.2) is 5.13 Å². The van der Waals surface area contributed by atoms with Crippen LogP contribution < -0.4 is 4.90 Å². The fraction of sp³-hybridized carbons (Fsp3) is 0.211. The molecule has 1 amide bonds. The van der Waals surface area contributed by atoms with Crippen molar-refractivity contribution in [1.82, 2.24) is 4.98 Å². The molecule has 0 saturated carbocycles. The van der Waals surface area contributed by atoms with Gasteiger partial charge in [0.05, 0.1) is 17.4 Å². The number of aryl methyl sites for hydroxylation is 1. The summed E-state index contributed by atoms with van der Waals surface area (Å²) >= 11 is 1.25. The number of amides is 1. The van der Waals surface area contributed by atoms with E-state index >= 15 is 0 Å². The van der Waals surface area contributed by atoms with Crippen molar-refractivity contribution in [3.8, 4) is 0 Å². The van der Waals surface area contributed by atoms with Gasteiger partial charge in [-0.2, -0.15) is 0 Å². The molecule has 0 spiro atoms. The predicted octanol–water partition coefficient (Wildman–Crippen LogP) is 4.25. The fourth-order valence-electron chi connectivity index (χ4n) is 2.65. The summed E-state index contributed by atoms with van der Waals surface area (Å²) in [6.45, 7) is 3.30. The van der Waals surface area contributed by atoms with Crippen molar-refractivity contribution in [2.45, 2.75) is 26.9 Å². The normalized spacial score (nSPS) is 10.6. The number of carbonyl (C=O) groups excluding carboxylic acids is 2. The second kappa shape index (κ2) is 8.65. The number of furan rings is 1. The van der Waals surface area contributed by atoms with Crippen LogP contribution in [0, 0.1) is 10.1 Å². The Morgan fingerprint density at radius 3 is 2.69 bits per heavy atom. The fourth-order valence-corrected chi connectivity index (χ4v) is 3.51. The molecule has 0 atom stereocenters. The Morgan fingerprint density at radius 2 is 2.03 bits per heavy atom. The number of hydrogen-bond acceptors (Lipinski definition) is 8. The Morgan fingerprint density at radius 1 is 1.28 bits per heavy atom. The van der Waals surface area contributed by atoms with Crippen molar-refractivity contribution < 1.29 is 23.7 Å². The maximum Gasteiger partial charge on any atom is 0.433 e. The van der Waals surface area contributed by atoms with Crippen LogP contribution in [0.25, 0.3) is 0 Å². The number of aromatic nitrogens is 1. The molecule has 2 heterocycles. The van der Waals surface area contributed by atoms with Crippen LogP contribution in [0.1, 0.15) is 35.7 Å². The van der Waals surface area contributed by atoms with Gasteiger partial charge in [0.1, 0.15) is 11.5 Å². The number of para-hydroxylation sites is 1. The van der Waals surface area contributed by atoms with Crippen molar-refractivity contribution in [2.75, 3.05) is 4.90 Å². The monoisotopic (exact) mass is 415 g/mol. The average molecular weight is 415 g/mol. The molecule has 9 nitrogen and oxygen atoms in total. The minimum Gasteiger partial charge on any atom is -0.453 e. The van der Waals surface area contributed by atoms with Crippen molar-refractivity contribution in [3.63, 3.8) is 0 Å². The van der Waals surface area contributed by atoms with Crippen molar-refractivity contribution in [2.24, 2.45) is 0 Å². The summed E-state index contributed by atoms with van der Waals surface area (Å²) in [6, 6.07) is 9.81. The first-order valence-corrected chi connectivity index (χ1v) is 9.53. The van der Waals surface area contributed by atoms with Crippen molar-refractivity contribution in [1.29, 1.82) is 0 Å². The van der Waals surface area contributed by atoms with Crippen LogP contribution in [0.3, 0.4) is 0 Å². The van der Waals surface area contributed by atoms with Crippen LogP contribution in [-0.2, 0) is 22.6 Å². The second-order valence-corrected chi connectivity index (χ2v) is 6.77. The standard InChI is InChI=1S/C19H17N3O6S/c1-3-13-6-4-5-7-15(13)21(12(2)23)19-20-14(11-29-19)10-27-18(24)16-8-9-17(28-16)22(25)26/h4-9,11H,3,10H2,1-2H3. The number of hydrogen-bond donors (Lipinski definition) is 0. The highest BCUT2D eigenvalue weighted by atomic mass is 32.1. The number of esters is 1. The van der Waals surface area contributed by atoms with Gasteiger partial charge in [-0.25, -0.2) is 9.78 Å². The third kappa shape index (κ3) is 4.49. The molecule has 29 heavy (non-hydrogen) atoms. The summed E-state index contributed by atoms with van der Waals surface area (Å²) in [5.74, 6) is -1.84. The molecule has 0 aliphatic rings. The quantitative estimate of drug-likeness (QED) is 0.322. The Bertz CT molecular complexity index is 1060. The van der Waals surface area contributed by atoms with E-state index in [2.05, 4.69) is 4.98 Å². The smallest absolute Gasteiger partial charge is 0.433 e. The summed E-state index contributed by atoms with van der Waals surface area (Å²) in [4.78, 5) is 40.0. The van der Waals surface area contributed by atoms with E-state index in [0.717, 1.165) is 23.7 Å². The van der Waals surface area contributed by atoms with E-state index in [1.165, 1.54) is 29.2 Å². The van der Waals surface area contributed by atoms with E-state index in [1.807, 2.05) is 31.2 Å². The van der Waals surface area contributed by atoms with Gasteiger partial charge in [0.25, 0.3) is 0 Å². The number of nitrogens with zero attached hydrogens (tertiary/aromatic N) is 3. The van der Waals surface area contributed by atoms with Gasteiger partial charge < -0.3 is 9.15 Å². The zero-order chi connectivity index (χ0) is 21.0. The summed E-state index contributed by atoms with van der Waals surface area (Å²) in [5, 5.41) is 12.8. The summed E-state index contributed by atoms with van der Waals surface area (Å²) in [7, 11) is 0. The third-order valence-corrected chi connectivity index (χ3v) is 4.86. The lowest BCUT2D eigenvalue weighted by atomic mass is 10.1. The average Bonchev–Trinajstić information content (AvgIpc) is 3.36. The summed E-state index contributed by atoms with van der Waals surface area (Å²) in [6.07, 6.45) is 0.755. The Hall–Kier alpha value is -3.53. The minimum absolute atomic E-state index is 0.162. The molecule has 0 N–H and O–H groups in total. The number of rotatable bonds is 7. The van der Waals surface area contributed by atoms with E-state index in [1.54, 1.807) is 5.38 Å². The zero-order valence-corrected chi connectivity index (χ0v) is 16.5. The van der Waals surface area contributed by atoms with E-state index < -0.39 is 16.8 Å². The van der Waals surface area contributed by atoms with Gasteiger partial charge in [-0.3, -0.25) is 19.8 Å². The molecule has 0 bridgehead atoms. The van der Waals surface area contributed by atoms with Gasteiger partial charge in [-0.1, -0.05) is 25.1 Å². The molecule has 2 aromatic heterocycles. The van der Waals surface area contributed by atoms with Crippen LogP contribution in [0.4, 0.5) is 16.7 Å². The molecule has 10 heteroatoms. The molecule has 0 fully saturated rings. The predicted molar refractivity (Wildman–Crippen MR) is 105 cm³/mol. The van der Waals surface area contributed by atoms with Crippen LogP contribution in [-0.4, -0.2) is 21.8 Å². The SMILES string of the molecule is CCc1ccccc1N(C(C)=O)c1nc(COC(=O)c2ccc([N+](=O)[O-])o2)cs1. The lowest BCUT2D eigenvalue weighted by Gasteiger charge is -2.20. The van der Waals surface area contributed by atoms with E-state index in [0.29, 0.717) is 10.8 Å². The molecular formula is C19H17N3O6S. The summed E-state index contributed by atoms with van der Waals surface area (Å²) < 4.78 is 9.91. The maximum atomic E-state index is 12.3. The number of anilines is 2. The van der Waals surface area contributed by atoms with Gasteiger partial charge in [-0.05, 0) is 24.1 Å². The third-order valence-electron chi connectivity index (χ3n) is 3.98. The lowest BCUT2D eigenvalue weighted by molar-refractivity contribution is -0.402. The zero-order valence-electron chi connectivity index (χ0n) is 15.7. The first kappa shape index (κ1) is 20.2. The van der Waals surface area contributed by atoms with Crippen molar-refractivity contribution in [3.05, 3.63) is 68.9 Å². The highest BCUT2D eigenvalue weighted by Crippen LogP contribution is 2.32. The Balaban J connectivity index is 1.74. The number of ether oxygens (including phenoxy) is 1. The number of benzene rings is 1. The first-order valence-electron chi connectivity index (χ1n) is 8.65. The molecule has 3 rings (SSSR count). The molecule has 0 aliphatic heterocycles. The maximum absolute atomic E-state index is 12.3. The molecule has 1 aromatic carbocycles. The molecular weight excluding hydrogens is 398 g/mol. The minimum atomic E-state index is -0.840. The molecule has 0 saturated heterocycles.